The molecular weight excluding hydrogens is 210 g/mol. The highest BCUT2D eigenvalue weighted by Crippen LogP contribution is 2.34. The second-order valence-corrected chi connectivity index (χ2v) is 4.48. The van der Waals surface area contributed by atoms with Crippen LogP contribution in [0.2, 0.25) is 5.15 Å². The van der Waals surface area contributed by atoms with E-state index in [-0.39, 0.29) is 0 Å². The standard InChI is InChI=1S/C11H12ClN3/c1-7-13-9-5-6-10(12)14-11(9)15(7)8-3-2-4-8/h5-6,8H,2-4H2,1H3. The van der Waals surface area contributed by atoms with Crippen molar-refractivity contribution in [3.63, 3.8) is 0 Å². The van der Waals surface area contributed by atoms with Crippen LogP contribution in [0, 0.1) is 6.92 Å². The van der Waals surface area contributed by atoms with E-state index in [1.807, 2.05) is 13.0 Å². The van der Waals surface area contributed by atoms with Gasteiger partial charge in [-0.3, -0.25) is 0 Å². The van der Waals surface area contributed by atoms with Crippen LogP contribution in [0.25, 0.3) is 11.2 Å². The van der Waals surface area contributed by atoms with Crippen molar-refractivity contribution in [2.75, 3.05) is 0 Å². The SMILES string of the molecule is Cc1nc2ccc(Cl)nc2n1C1CCC1. The first-order chi connectivity index (χ1) is 7.25. The van der Waals surface area contributed by atoms with E-state index in [9.17, 15) is 0 Å². The highest BCUT2D eigenvalue weighted by Gasteiger charge is 2.23. The zero-order valence-corrected chi connectivity index (χ0v) is 9.33. The van der Waals surface area contributed by atoms with E-state index in [4.69, 9.17) is 11.6 Å². The highest BCUT2D eigenvalue weighted by molar-refractivity contribution is 6.29. The number of fused-ring (bicyclic) bond motifs is 1. The maximum Gasteiger partial charge on any atom is 0.161 e. The second-order valence-electron chi connectivity index (χ2n) is 4.09. The number of hydrogen-bond acceptors (Lipinski definition) is 2. The summed E-state index contributed by atoms with van der Waals surface area (Å²) in [4.78, 5) is 8.86. The van der Waals surface area contributed by atoms with Crippen molar-refractivity contribution in [3.8, 4) is 0 Å². The Morgan fingerprint density at radius 2 is 2.13 bits per heavy atom. The molecule has 0 amide bonds. The lowest BCUT2D eigenvalue weighted by Crippen LogP contribution is -2.18. The van der Waals surface area contributed by atoms with E-state index in [0.29, 0.717) is 11.2 Å². The second kappa shape index (κ2) is 3.20. The molecule has 4 heteroatoms. The van der Waals surface area contributed by atoms with E-state index in [2.05, 4.69) is 14.5 Å². The van der Waals surface area contributed by atoms with Gasteiger partial charge in [0.1, 0.15) is 16.5 Å². The number of nitrogens with zero attached hydrogens (tertiary/aromatic N) is 3. The van der Waals surface area contributed by atoms with Crippen molar-refractivity contribution < 1.29 is 0 Å². The zero-order chi connectivity index (χ0) is 10.4. The Balaban J connectivity index is 2.25. The summed E-state index contributed by atoms with van der Waals surface area (Å²) in [5.74, 6) is 1.05. The number of imidazole rings is 1. The van der Waals surface area contributed by atoms with Gasteiger partial charge in [0.15, 0.2) is 5.65 Å². The molecule has 0 bridgehead atoms. The molecule has 1 aliphatic rings. The van der Waals surface area contributed by atoms with E-state index in [1.54, 1.807) is 6.07 Å². The molecule has 1 aliphatic carbocycles. The molecule has 15 heavy (non-hydrogen) atoms. The van der Waals surface area contributed by atoms with Crippen LogP contribution in [-0.2, 0) is 0 Å². The number of rotatable bonds is 1. The molecule has 1 saturated carbocycles. The molecule has 0 saturated heterocycles. The van der Waals surface area contributed by atoms with Gasteiger partial charge in [-0.2, -0.15) is 0 Å². The quantitative estimate of drug-likeness (QED) is 0.693. The monoisotopic (exact) mass is 221 g/mol. The van der Waals surface area contributed by atoms with Crippen molar-refractivity contribution in [2.24, 2.45) is 0 Å². The molecule has 3 nitrogen and oxygen atoms in total. The Hall–Kier alpha value is -1.09. The summed E-state index contributed by atoms with van der Waals surface area (Å²) < 4.78 is 2.23. The molecule has 2 aromatic rings. The van der Waals surface area contributed by atoms with E-state index < -0.39 is 0 Å². The third kappa shape index (κ3) is 1.34. The Morgan fingerprint density at radius 1 is 1.33 bits per heavy atom. The van der Waals surface area contributed by atoms with E-state index in [0.717, 1.165) is 17.0 Å². The Morgan fingerprint density at radius 3 is 2.80 bits per heavy atom. The van der Waals surface area contributed by atoms with Gasteiger partial charge in [0, 0.05) is 6.04 Å². The number of hydrogen-bond donors (Lipinski definition) is 0. The first kappa shape index (κ1) is 9.16. The molecule has 0 unspecified atom stereocenters. The molecule has 0 radical (unpaired) electrons. The van der Waals surface area contributed by atoms with Crippen LogP contribution >= 0.6 is 11.6 Å². The van der Waals surface area contributed by atoms with Crippen molar-refractivity contribution in [2.45, 2.75) is 32.2 Å². The molecule has 0 spiro atoms. The summed E-state index contributed by atoms with van der Waals surface area (Å²) in [5.41, 5.74) is 1.88. The van der Waals surface area contributed by atoms with Gasteiger partial charge >= 0.3 is 0 Å². The fourth-order valence-corrected chi connectivity index (χ4v) is 2.29. The van der Waals surface area contributed by atoms with Gasteiger partial charge < -0.3 is 4.57 Å². The first-order valence-corrected chi connectivity index (χ1v) is 5.64. The number of aryl methyl sites for hydroxylation is 1. The Kier molecular flexibility index (Phi) is 1.96. The van der Waals surface area contributed by atoms with Gasteiger partial charge in [-0.15, -0.1) is 0 Å². The van der Waals surface area contributed by atoms with Gasteiger partial charge in [0.2, 0.25) is 0 Å². The van der Waals surface area contributed by atoms with Crippen molar-refractivity contribution >= 4 is 22.8 Å². The lowest BCUT2D eigenvalue weighted by Gasteiger charge is -2.28. The molecular formula is C11H12ClN3. The van der Waals surface area contributed by atoms with Crippen LogP contribution in [0.15, 0.2) is 12.1 Å². The van der Waals surface area contributed by atoms with Gasteiger partial charge in [0.25, 0.3) is 0 Å². The summed E-state index contributed by atoms with van der Waals surface area (Å²) in [7, 11) is 0. The van der Waals surface area contributed by atoms with Crippen LogP contribution in [0.3, 0.4) is 0 Å². The smallest absolute Gasteiger partial charge is 0.161 e. The minimum absolute atomic E-state index is 0.544. The van der Waals surface area contributed by atoms with Crippen LogP contribution in [0.1, 0.15) is 31.1 Å². The van der Waals surface area contributed by atoms with Crippen molar-refractivity contribution in [3.05, 3.63) is 23.1 Å². The maximum absolute atomic E-state index is 5.91. The molecule has 3 rings (SSSR count). The predicted octanol–water partition coefficient (Wildman–Crippen LogP) is 3.12. The third-order valence-electron chi connectivity index (χ3n) is 3.12. The van der Waals surface area contributed by atoms with Gasteiger partial charge in [-0.1, -0.05) is 11.6 Å². The lowest BCUT2D eigenvalue weighted by atomic mass is 9.93. The van der Waals surface area contributed by atoms with Crippen LogP contribution < -0.4 is 0 Å². The van der Waals surface area contributed by atoms with Crippen molar-refractivity contribution in [1.29, 1.82) is 0 Å². The van der Waals surface area contributed by atoms with Gasteiger partial charge in [-0.05, 0) is 38.3 Å². The predicted molar refractivity (Wildman–Crippen MR) is 60.2 cm³/mol. The summed E-state index contributed by atoms with van der Waals surface area (Å²) in [6.07, 6.45) is 3.78. The van der Waals surface area contributed by atoms with Gasteiger partial charge in [0.05, 0.1) is 0 Å². The fraction of sp³-hybridized carbons (Fsp3) is 0.455. The summed E-state index contributed by atoms with van der Waals surface area (Å²) in [5, 5.41) is 0.544. The molecule has 2 aromatic heterocycles. The molecule has 0 atom stereocenters. The highest BCUT2D eigenvalue weighted by atomic mass is 35.5. The summed E-state index contributed by atoms with van der Waals surface area (Å²) in [6.45, 7) is 2.04. The van der Waals surface area contributed by atoms with Crippen LogP contribution in [0.4, 0.5) is 0 Å². The lowest BCUT2D eigenvalue weighted by molar-refractivity contribution is 0.314. The number of aromatic nitrogens is 3. The Labute approximate surface area is 93.1 Å². The van der Waals surface area contributed by atoms with Crippen LogP contribution in [0.5, 0.6) is 0 Å². The minimum Gasteiger partial charge on any atom is -0.310 e. The minimum atomic E-state index is 0.544. The molecule has 78 valence electrons. The molecule has 2 heterocycles. The van der Waals surface area contributed by atoms with E-state index in [1.165, 1.54) is 19.3 Å². The molecule has 1 fully saturated rings. The average molecular weight is 222 g/mol. The molecule has 0 N–H and O–H groups in total. The van der Waals surface area contributed by atoms with Gasteiger partial charge in [-0.25, -0.2) is 9.97 Å². The zero-order valence-electron chi connectivity index (χ0n) is 8.57. The maximum atomic E-state index is 5.91. The number of pyridine rings is 1. The topological polar surface area (TPSA) is 30.7 Å². The summed E-state index contributed by atoms with van der Waals surface area (Å²) in [6, 6.07) is 4.31. The van der Waals surface area contributed by atoms with Crippen molar-refractivity contribution in [1.82, 2.24) is 14.5 Å². The Bertz CT molecular complexity index is 514. The summed E-state index contributed by atoms with van der Waals surface area (Å²) >= 11 is 5.91. The largest absolute Gasteiger partial charge is 0.310 e. The number of halogens is 1. The fourth-order valence-electron chi connectivity index (χ4n) is 2.15. The molecule has 0 aliphatic heterocycles. The van der Waals surface area contributed by atoms with Crippen LogP contribution in [-0.4, -0.2) is 14.5 Å². The van der Waals surface area contributed by atoms with E-state index >= 15 is 0 Å². The third-order valence-corrected chi connectivity index (χ3v) is 3.33. The first-order valence-electron chi connectivity index (χ1n) is 5.27. The molecule has 0 aromatic carbocycles. The normalized spacial score (nSPS) is 16.9. The average Bonchev–Trinajstić information content (AvgIpc) is 2.42.